The second-order valence-corrected chi connectivity index (χ2v) is 6.96. The number of aryl methyl sites for hydroxylation is 2. The lowest BCUT2D eigenvalue weighted by atomic mass is 10.0. The molecule has 0 fully saturated rings. The molecule has 1 aromatic carbocycles. The van der Waals surface area contributed by atoms with E-state index in [4.69, 9.17) is 11.6 Å². The van der Waals surface area contributed by atoms with Crippen LogP contribution in [0.2, 0.25) is 5.02 Å². The smallest absolute Gasteiger partial charge is 0.262 e. The first-order chi connectivity index (χ1) is 10.6. The van der Waals surface area contributed by atoms with E-state index < -0.39 is 0 Å². The van der Waals surface area contributed by atoms with Gasteiger partial charge in [-0.05, 0) is 31.0 Å². The average Bonchev–Trinajstić information content (AvgIpc) is 2.85. The molecule has 0 radical (unpaired) electrons. The van der Waals surface area contributed by atoms with Crippen molar-refractivity contribution in [1.82, 2.24) is 9.55 Å². The Morgan fingerprint density at radius 3 is 2.68 bits per heavy atom. The largest absolute Gasteiger partial charge is 0.299 e. The van der Waals surface area contributed by atoms with E-state index >= 15 is 0 Å². The Morgan fingerprint density at radius 2 is 2.00 bits per heavy atom. The molecule has 0 bridgehead atoms. The highest BCUT2D eigenvalue weighted by Gasteiger charge is 2.16. The van der Waals surface area contributed by atoms with Crippen molar-refractivity contribution in [2.45, 2.75) is 33.2 Å². The van der Waals surface area contributed by atoms with Crippen molar-refractivity contribution in [2.24, 2.45) is 0 Å². The molecule has 3 nitrogen and oxygen atoms in total. The van der Waals surface area contributed by atoms with E-state index in [1.807, 2.05) is 31.2 Å². The summed E-state index contributed by atoms with van der Waals surface area (Å²) >= 11 is 7.54. The third kappa shape index (κ3) is 2.69. The average molecular weight is 333 g/mol. The molecule has 0 atom stereocenters. The predicted molar refractivity (Wildman–Crippen MR) is 94.0 cm³/mol. The van der Waals surface area contributed by atoms with Crippen LogP contribution in [-0.2, 0) is 6.54 Å². The van der Waals surface area contributed by atoms with E-state index in [0.717, 1.165) is 39.1 Å². The lowest BCUT2D eigenvalue weighted by Crippen LogP contribution is -2.20. The Bertz CT molecular complexity index is 865. The molecule has 2 aromatic heterocycles. The molecule has 0 amide bonds. The summed E-state index contributed by atoms with van der Waals surface area (Å²) in [6.07, 6.45) is 3.70. The van der Waals surface area contributed by atoms with Gasteiger partial charge in [-0.3, -0.25) is 9.36 Å². The molecule has 0 aliphatic carbocycles. The van der Waals surface area contributed by atoms with Gasteiger partial charge in [-0.15, -0.1) is 11.3 Å². The number of aromatic nitrogens is 2. The third-order valence-electron chi connectivity index (χ3n) is 3.74. The zero-order valence-electron chi connectivity index (χ0n) is 12.6. The molecule has 3 rings (SSSR count). The van der Waals surface area contributed by atoms with Crippen LogP contribution < -0.4 is 5.56 Å². The van der Waals surface area contributed by atoms with E-state index in [1.54, 1.807) is 22.2 Å². The zero-order chi connectivity index (χ0) is 15.7. The maximum atomic E-state index is 12.8. The molecule has 0 saturated heterocycles. The molecule has 5 heteroatoms. The van der Waals surface area contributed by atoms with Gasteiger partial charge in [0.25, 0.3) is 5.56 Å². The molecular formula is C17H17ClN2OS. The van der Waals surface area contributed by atoms with Crippen molar-refractivity contribution in [3.05, 3.63) is 50.8 Å². The number of halogens is 1. The molecule has 0 N–H and O–H groups in total. The SMILES string of the molecule is CCCCn1cnc2sc(C)c(-c3ccc(Cl)cc3)c2c1=O. The fourth-order valence-electron chi connectivity index (χ4n) is 2.59. The van der Waals surface area contributed by atoms with Gasteiger partial charge in [0.2, 0.25) is 0 Å². The van der Waals surface area contributed by atoms with Crippen LogP contribution in [0.15, 0.2) is 35.4 Å². The van der Waals surface area contributed by atoms with E-state index in [-0.39, 0.29) is 5.56 Å². The Balaban J connectivity index is 2.23. The minimum absolute atomic E-state index is 0.0488. The van der Waals surface area contributed by atoms with Gasteiger partial charge in [0, 0.05) is 22.0 Å². The van der Waals surface area contributed by atoms with Crippen LogP contribution in [-0.4, -0.2) is 9.55 Å². The van der Waals surface area contributed by atoms with Crippen molar-refractivity contribution in [3.63, 3.8) is 0 Å². The van der Waals surface area contributed by atoms with Crippen molar-refractivity contribution in [2.75, 3.05) is 0 Å². The number of unbranched alkanes of at least 4 members (excludes halogenated alkanes) is 1. The van der Waals surface area contributed by atoms with Crippen molar-refractivity contribution < 1.29 is 0 Å². The van der Waals surface area contributed by atoms with Gasteiger partial charge >= 0.3 is 0 Å². The highest BCUT2D eigenvalue weighted by atomic mass is 35.5. The number of hydrogen-bond acceptors (Lipinski definition) is 3. The van der Waals surface area contributed by atoms with Gasteiger partial charge in [-0.25, -0.2) is 4.98 Å². The molecule has 0 aliphatic heterocycles. The molecule has 3 aromatic rings. The number of hydrogen-bond donors (Lipinski definition) is 0. The number of nitrogens with zero attached hydrogens (tertiary/aromatic N) is 2. The lowest BCUT2D eigenvalue weighted by Gasteiger charge is -2.06. The normalized spacial score (nSPS) is 11.2. The molecule has 22 heavy (non-hydrogen) atoms. The Labute approximate surface area is 138 Å². The van der Waals surface area contributed by atoms with Gasteiger partial charge in [-0.1, -0.05) is 37.1 Å². The van der Waals surface area contributed by atoms with Gasteiger partial charge < -0.3 is 0 Å². The summed E-state index contributed by atoms with van der Waals surface area (Å²) in [6.45, 7) is 4.87. The molecule has 0 saturated carbocycles. The van der Waals surface area contributed by atoms with E-state index in [9.17, 15) is 4.79 Å². The summed E-state index contributed by atoms with van der Waals surface area (Å²) in [5, 5.41) is 1.42. The van der Waals surface area contributed by atoms with Gasteiger partial charge in [0.1, 0.15) is 4.83 Å². The molecule has 114 valence electrons. The van der Waals surface area contributed by atoms with Crippen molar-refractivity contribution >= 4 is 33.2 Å². The summed E-state index contributed by atoms with van der Waals surface area (Å²) in [5.41, 5.74) is 2.05. The monoisotopic (exact) mass is 332 g/mol. The van der Waals surface area contributed by atoms with Crippen molar-refractivity contribution in [3.8, 4) is 11.1 Å². The number of benzene rings is 1. The van der Waals surface area contributed by atoms with Crippen LogP contribution in [0.4, 0.5) is 0 Å². The fraction of sp³-hybridized carbons (Fsp3) is 0.294. The van der Waals surface area contributed by atoms with Crippen LogP contribution >= 0.6 is 22.9 Å². The second-order valence-electron chi connectivity index (χ2n) is 5.32. The zero-order valence-corrected chi connectivity index (χ0v) is 14.2. The third-order valence-corrected chi connectivity index (χ3v) is 5.01. The molecular weight excluding hydrogens is 316 g/mol. The number of thiophene rings is 1. The first-order valence-corrected chi connectivity index (χ1v) is 8.55. The molecule has 2 heterocycles. The Hall–Kier alpha value is -1.65. The van der Waals surface area contributed by atoms with Crippen LogP contribution in [0.5, 0.6) is 0 Å². The van der Waals surface area contributed by atoms with Gasteiger partial charge in [0.15, 0.2) is 0 Å². The maximum absolute atomic E-state index is 12.8. The standard InChI is InChI=1S/C17H17ClN2OS/c1-3-4-9-20-10-19-16-15(17(20)21)14(11(2)22-16)12-5-7-13(18)8-6-12/h5-8,10H,3-4,9H2,1-2H3. The second kappa shape index (κ2) is 6.23. The van der Waals surface area contributed by atoms with E-state index in [2.05, 4.69) is 11.9 Å². The summed E-state index contributed by atoms with van der Waals surface area (Å²) in [6, 6.07) is 7.62. The molecule has 0 spiro atoms. The quantitative estimate of drug-likeness (QED) is 0.682. The van der Waals surface area contributed by atoms with Gasteiger partial charge in [0.05, 0.1) is 11.7 Å². The first kappa shape index (κ1) is 15.3. The van der Waals surface area contributed by atoms with Crippen LogP contribution in [0, 0.1) is 6.92 Å². The van der Waals surface area contributed by atoms with Crippen LogP contribution in [0.1, 0.15) is 24.6 Å². The van der Waals surface area contributed by atoms with E-state index in [1.165, 1.54) is 0 Å². The van der Waals surface area contributed by atoms with Crippen LogP contribution in [0.25, 0.3) is 21.3 Å². The summed E-state index contributed by atoms with van der Waals surface area (Å²) < 4.78 is 1.72. The number of rotatable bonds is 4. The summed E-state index contributed by atoms with van der Waals surface area (Å²) in [5.74, 6) is 0. The minimum Gasteiger partial charge on any atom is -0.299 e. The predicted octanol–water partition coefficient (Wildman–Crippen LogP) is 4.89. The maximum Gasteiger partial charge on any atom is 0.262 e. The van der Waals surface area contributed by atoms with Crippen molar-refractivity contribution in [1.29, 1.82) is 0 Å². The van der Waals surface area contributed by atoms with Crippen LogP contribution in [0.3, 0.4) is 0 Å². The fourth-order valence-corrected chi connectivity index (χ4v) is 3.72. The van der Waals surface area contributed by atoms with Gasteiger partial charge in [-0.2, -0.15) is 0 Å². The van der Waals surface area contributed by atoms with E-state index in [0.29, 0.717) is 11.6 Å². The Morgan fingerprint density at radius 1 is 1.27 bits per heavy atom. The topological polar surface area (TPSA) is 34.9 Å². The molecule has 0 aliphatic rings. The highest BCUT2D eigenvalue weighted by molar-refractivity contribution is 7.19. The summed E-state index contributed by atoms with van der Waals surface area (Å²) in [7, 11) is 0. The summed E-state index contributed by atoms with van der Waals surface area (Å²) in [4.78, 5) is 19.2. The Kier molecular flexibility index (Phi) is 4.32. The minimum atomic E-state index is 0.0488. The first-order valence-electron chi connectivity index (χ1n) is 7.36. The lowest BCUT2D eigenvalue weighted by molar-refractivity contribution is 0.609. The highest BCUT2D eigenvalue weighted by Crippen LogP contribution is 2.35. The number of fused-ring (bicyclic) bond motifs is 1. The molecule has 0 unspecified atom stereocenters.